The Morgan fingerprint density at radius 3 is 2.82 bits per heavy atom. The van der Waals surface area contributed by atoms with E-state index in [1.807, 2.05) is 0 Å². The lowest BCUT2D eigenvalue weighted by Gasteiger charge is -2.40. The molecule has 0 amide bonds. The van der Waals surface area contributed by atoms with Gasteiger partial charge in [0.15, 0.2) is 0 Å². The molecule has 17 heavy (non-hydrogen) atoms. The maximum absolute atomic E-state index is 4.21. The smallest absolute Gasteiger partial charge is 0.141 e. The third kappa shape index (κ3) is 3.28. The van der Waals surface area contributed by atoms with E-state index in [4.69, 9.17) is 0 Å². The first-order valence-corrected chi connectivity index (χ1v) is 6.57. The number of nitrogens with one attached hydrogen (secondary N) is 2. The third-order valence-corrected chi connectivity index (χ3v) is 3.72. The lowest BCUT2D eigenvalue weighted by molar-refractivity contribution is 0.145. The molecular weight excluding hydrogens is 212 g/mol. The summed E-state index contributed by atoms with van der Waals surface area (Å²) in [4.78, 5) is 4.21. The fourth-order valence-electron chi connectivity index (χ4n) is 3.33. The largest absolute Gasteiger partial charge is 0.305 e. The van der Waals surface area contributed by atoms with E-state index in [9.17, 15) is 0 Å². The molecule has 1 saturated carbocycles. The summed E-state index contributed by atoms with van der Waals surface area (Å²) in [6, 6.07) is 0.845. The van der Waals surface area contributed by atoms with Crippen molar-refractivity contribution in [3.05, 3.63) is 12.2 Å². The van der Waals surface area contributed by atoms with E-state index < -0.39 is 0 Å². The first-order valence-electron chi connectivity index (χ1n) is 6.57. The Labute approximate surface area is 104 Å². The molecule has 0 bridgehead atoms. The molecule has 0 spiro atoms. The quantitative estimate of drug-likeness (QED) is 0.848. The van der Waals surface area contributed by atoms with Crippen LogP contribution in [0.25, 0.3) is 0 Å². The van der Waals surface area contributed by atoms with Gasteiger partial charge in [0.05, 0.1) is 6.04 Å². The van der Waals surface area contributed by atoms with Crippen LogP contribution in [0.1, 0.15) is 58.8 Å². The van der Waals surface area contributed by atoms with Gasteiger partial charge in [0.1, 0.15) is 12.2 Å². The molecule has 4 nitrogen and oxygen atoms in total. The van der Waals surface area contributed by atoms with Gasteiger partial charge in [-0.25, -0.2) is 4.98 Å². The highest BCUT2D eigenvalue weighted by atomic mass is 15.2. The van der Waals surface area contributed by atoms with Gasteiger partial charge >= 0.3 is 0 Å². The van der Waals surface area contributed by atoms with Gasteiger partial charge in [-0.3, -0.25) is 5.10 Å². The summed E-state index contributed by atoms with van der Waals surface area (Å²) in [5.41, 5.74) is 0.455. The molecule has 0 aliphatic heterocycles. The highest BCUT2D eigenvalue weighted by Crippen LogP contribution is 2.38. The Hall–Kier alpha value is -0.900. The van der Waals surface area contributed by atoms with Gasteiger partial charge in [-0.15, -0.1) is 0 Å². The molecule has 3 atom stereocenters. The van der Waals surface area contributed by atoms with Crippen molar-refractivity contribution in [1.82, 2.24) is 20.5 Å². The number of nitrogens with zero attached hydrogens (tertiary/aromatic N) is 2. The van der Waals surface area contributed by atoms with E-state index in [-0.39, 0.29) is 6.04 Å². The SMILES string of the molecule is CC1CC(NC(C)c2ncn[nH]2)CC(C)(C)C1. The summed E-state index contributed by atoms with van der Waals surface area (Å²) in [6.45, 7) is 9.24. The van der Waals surface area contributed by atoms with Crippen molar-refractivity contribution in [2.24, 2.45) is 11.3 Å². The van der Waals surface area contributed by atoms with Crippen LogP contribution in [0.2, 0.25) is 0 Å². The predicted octanol–water partition coefficient (Wildman–Crippen LogP) is 2.67. The van der Waals surface area contributed by atoms with Gasteiger partial charge in [0.25, 0.3) is 0 Å². The van der Waals surface area contributed by atoms with Crippen molar-refractivity contribution in [3.8, 4) is 0 Å². The number of hydrogen-bond donors (Lipinski definition) is 2. The molecular formula is C13H24N4. The normalized spacial score (nSPS) is 30.1. The van der Waals surface area contributed by atoms with E-state index >= 15 is 0 Å². The van der Waals surface area contributed by atoms with Gasteiger partial charge in [-0.1, -0.05) is 20.8 Å². The minimum absolute atomic E-state index is 0.253. The second-order valence-electron chi connectivity index (χ2n) is 6.37. The molecule has 0 radical (unpaired) electrons. The molecule has 1 fully saturated rings. The number of aromatic amines is 1. The molecule has 3 unspecified atom stereocenters. The van der Waals surface area contributed by atoms with Crippen LogP contribution in [0, 0.1) is 11.3 Å². The molecule has 1 aromatic rings. The highest BCUT2D eigenvalue weighted by molar-refractivity contribution is 4.93. The fourth-order valence-corrected chi connectivity index (χ4v) is 3.33. The summed E-state index contributed by atoms with van der Waals surface area (Å²) in [5, 5.41) is 10.5. The van der Waals surface area contributed by atoms with Crippen LogP contribution < -0.4 is 5.32 Å². The van der Waals surface area contributed by atoms with Crippen LogP contribution in [0.4, 0.5) is 0 Å². The first kappa shape index (κ1) is 12.6. The Kier molecular flexibility index (Phi) is 3.52. The van der Waals surface area contributed by atoms with Gasteiger partial charge in [0.2, 0.25) is 0 Å². The van der Waals surface area contributed by atoms with Crippen molar-refractivity contribution in [3.63, 3.8) is 0 Å². The maximum Gasteiger partial charge on any atom is 0.141 e. The van der Waals surface area contributed by atoms with Gasteiger partial charge in [-0.2, -0.15) is 5.10 Å². The van der Waals surface area contributed by atoms with Gasteiger partial charge in [0, 0.05) is 6.04 Å². The van der Waals surface area contributed by atoms with Crippen LogP contribution in [0.5, 0.6) is 0 Å². The van der Waals surface area contributed by atoms with Crippen LogP contribution in [0.3, 0.4) is 0 Å². The van der Waals surface area contributed by atoms with Crippen LogP contribution in [-0.2, 0) is 0 Å². The van der Waals surface area contributed by atoms with E-state index in [0.29, 0.717) is 11.5 Å². The van der Waals surface area contributed by atoms with Crippen molar-refractivity contribution in [2.75, 3.05) is 0 Å². The average molecular weight is 236 g/mol. The summed E-state index contributed by atoms with van der Waals surface area (Å²) >= 11 is 0. The molecule has 96 valence electrons. The Morgan fingerprint density at radius 1 is 1.47 bits per heavy atom. The van der Waals surface area contributed by atoms with Crippen LogP contribution >= 0.6 is 0 Å². The van der Waals surface area contributed by atoms with E-state index in [0.717, 1.165) is 11.7 Å². The third-order valence-electron chi connectivity index (χ3n) is 3.72. The minimum atomic E-state index is 0.253. The molecule has 1 aliphatic carbocycles. The van der Waals surface area contributed by atoms with E-state index in [1.165, 1.54) is 19.3 Å². The molecule has 0 aromatic carbocycles. The standard InChI is InChI=1S/C13H24N4/c1-9-5-11(7-13(3,4)6-9)16-10(2)12-14-8-15-17-12/h8-11,16H,5-7H2,1-4H3,(H,14,15,17). The number of hydrogen-bond acceptors (Lipinski definition) is 3. The maximum atomic E-state index is 4.21. The fraction of sp³-hybridized carbons (Fsp3) is 0.846. The topological polar surface area (TPSA) is 53.6 Å². The van der Waals surface area contributed by atoms with Crippen molar-refractivity contribution in [1.29, 1.82) is 0 Å². The van der Waals surface area contributed by atoms with E-state index in [2.05, 4.69) is 48.2 Å². The molecule has 2 N–H and O–H groups in total. The highest BCUT2D eigenvalue weighted by Gasteiger charge is 2.32. The molecule has 1 aromatic heterocycles. The molecule has 4 heteroatoms. The Morgan fingerprint density at radius 2 is 2.24 bits per heavy atom. The zero-order valence-electron chi connectivity index (χ0n) is 11.3. The zero-order valence-corrected chi connectivity index (χ0v) is 11.3. The first-order chi connectivity index (χ1) is 7.96. The molecule has 2 rings (SSSR count). The summed E-state index contributed by atoms with van der Waals surface area (Å²) < 4.78 is 0. The van der Waals surface area contributed by atoms with Crippen LogP contribution in [0.15, 0.2) is 6.33 Å². The van der Waals surface area contributed by atoms with Crippen molar-refractivity contribution < 1.29 is 0 Å². The van der Waals surface area contributed by atoms with Gasteiger partial charge in [-0.05, 0) is 37.5 Å². The number of H-pyrrole nitrogens is 1. The second-order valence-corrected chi connectivity index (χ2v) is 6.37. The lowest BCUT2D eigenvalue weighted by Crippen LogP contribution is -2.41. The monoisotopic (exact) mass is 236 g/mol. The van der Waals surface area contributed by atoms with Crippen LogP contribution in [-0.4, -0.2) is 21.2 Å². The number of rotatable bonds is 3. The molecule has 0 saturated heterocycles. The summed E-state index contributed by atoms with van der Waals surface area (Å²) in [5.74, 6) is 1.74. The molecule has 1 aliphatic rings. The van der Waals surface area contributed by atoms with E-state index in [1.54, 1.807) is 6.33 Å². The number of aromatic nitrogens is 3. The zero-order chi connectivity index (χ0) is 12.5. The summed E-state index contributed by atoms with van der Waals surface area (Å²) in [7, 11) is 0. The predicted molar refractivity (Wildman–Crippen MR) is 68.5 cm³/mol. The molecule has 1 heterocycles. The van der Waals surface area contributed by atoms with Crippen molar-refractivity contribution >= 4 is 0 Å². The van der Waals surface area contributed by atoms with Crippen molar-refractivity contribution in [2.45, 2.75) is 59.0 Å². The lowest BCUT2D eigenvalue weighted by atomic mass is 9.70. The summed E-state index contributed by atoms with van der Waals surface area (Å²) in [6.07, 6.45) is 5.42. The van der Waals surface area contributed by atoms with Gasteiger partial charge < -0.3 is 5.32 Å². The second kappa shape index (κ2) is 4.77. The minimum Gasteiger partial charge on any atom is -0.305 e. The Balaban J connectivity index is 1.94. The Bertz CT molecular complexity index is 344. The average Bonchev–Trinajstić information content (AvgIpc) is 2.65.